The molecule has 1 unspecified atom stereocenters. The maximum absolute atomic E-state index is 13.0. The van der Waals surface area contributed by atoms with Crippen LogP contribution in [-0.4, -0.2) is 56.0 Å². The summed E-state index contributed by atoms with van der Waals surface area (Å²) in [6.45, 7) is 6.55. The molecule has 1 atom stereocenters. The summed E-state index contributed by atoms with van der Waals surface area (Å²) >= 11 is 0. The monoisotopic (exact) mass is 482 g/mol. The third-order valence-electron chi connectivity index (χ3n) is 7.22. The Kier molecular flexibility index (Phi) is 11.1. The minimum Gasteiger partial charge on any atom is -0.378 e. The van der Waals surface area contributed by atoms with Crippen LogP contribution in [0.2, 0.25) is 0 Å². The minimum absolute atomic E-state index is 0.0125. The molecule has 194 valence electrons. The van der Waals surface area contributed by atoms with Crippen molar-refractivity contribution in [2.45, 2.75) is 90.0 Å². The third-order valence-corrected chi connectivity index (χ3v) is 7.22. The summed E-state index contributed by atoms with van der Waals surface area (Å²) < 4.78 is 0. The summed E-state index contributed by atoms with van der Waals surface area (Å²) in [4.78, 5) is 27.2. The van der Waals surface area contributed by atoms with Gasteiger partial charge in [-0.05, 0) is 80.5 Å². The lowest BCUT2D eigenvalue weighted by Crippen LogP contribution is -2.47. The van der Waals surface area contributed by atoms with Gasteiger partial charge in [0, 0.05) is 19.3 Å². The highest BCUT2D eigenvalue weighted by molar-refractivity contribution is 5.82. The van der Waals surface area contributed by atoms with Crippen molar-refractivity contribution < 1.29 is 9.59 Å². The summed E-state index contributed by atoms with van der Waals surface area (Å²) in [5, 5.41) is 9.78. The second-order valence-electron chi connectivity index (χ2n) is 10.2. The number of aryl methyl sites for hydroxylation is 1. The first kappa shape index (κ1) is 27.3. The fraction of sp³-hybridized carbons (Fsp3) is 0.655. The molecule has 3 rings (SSSR count). The van der Waals surface area contributed by atoms with Crippen molar-refractivity contribution in [3.05, 3.63) is 46.7 Å². The van der Waals surface area contributed by atoms with Crippen LogP contribution < -0.4 is 16.0 Å². The molecule has 0 heterocycles. The fourth-order valence-electron chi connectivity index (χ4n) is 4.79. The number of hydrogen-bond donors (Lipinski definition) is 3. The fourth-order valence-corrected chi connectivity index (χ4v) is 4.79. The van der Waals surface area contributed by atoms with E-state index in [0.29, 0.717) is 13.1 Å². The number of nitrogens with zero attached hydrogens (tertiary/aromatic N) is 1. The Morgan fingerprint density at radius 2 is 1.83 bits per heavy atom. The van der Waals surface area contributed by atoms with Gasteiger partial charge in [-0.2, -0.15) is 0 Å². The van der Waals surface area contributed by atoms with Crippen molar-refractivity contribution in [2.75, 3.05) is 33.2 Å². The van der Waals surface area contributed by atoms with E-state index in [0.717, 1.165) is 63.1 Å². The molecule has 2 saturated carbocycles. The molecule has 6 nitrogen and oxygen atoms in total. The molecular weight excluding hydrogens is 436 g/mol. The topological polar surface area (TPSA) is 73.5 Å². The Morgan fingerprint density at radius 1 is 1.06 bits per heavy atom. The predicted molar refractivity (Wildman–Crippen MR) is 143 cm³/mol. The average Bonchev–Trinajstić information content (AvgIpc) is 3.67. The number of rotatable bonds is 16. The van der Waals surface area contributed by atoms with Crippen LogP contribution in [0.5, 0.6) is 0 Å². The van der Waals surface area contributed by atoms with Gasteiger partial charge in [0.2, 0.25) is 11.8 Å². The molecule has 0 radical (unpaired) electrons. The normalized spacial score (nSPS) is 15.8. The third kappa shape index (κ3) is 8.68. The number of benzene rings is 1. The van der Waals surface area contributed by atoms with E-state index >= 15 is 0 Å². The highest BCUT2D eigenvalue weighted by atomic mass is 16.2. The number of allylic oxidation sites excluding steroid dienone is 1. The highest BCUT2D eigenvalue weighted by Gasteiger charge is 2.25. The van der Waals surface area contributed by atoms with Crippen LogP contribution in [0.25, 0.3) is 0 Å². The molecule has 2 aliphatic rings. The molecule has 3 N–H and O–H groups in total. The van der Waals surface area contributed by atoms with Gasteiger partial charge in [-0.3, -0.25) is 9.59 Å². The molecule has 0 bridgehead atoms. The first-order valence-electron chi connectivity index (χ1n) is 13.8. The largest absolute Gasteiger partial charge is 0.378 e. The van der Waals surface area contributed by atoms with E-state index in [4.69, 9.17) is 0 Å². The van der Waals surface area contributed by atoms with Gasteiger partial charge in [-0.1, -0.05) is 51.0 Å². The lowest BCUT2D eigenvalue weighted by Gasteiger charge is -2.28. The Hall–Kier alpha value is -2.34. The van der Waals surface area contributed by atoms with E-state index in [1.165, 1.54) is 36.0 Å². The van der Waals surface area contributed by atoms with Gasteiger partial charge in [0.05, 0.1) is 19.1 Å². The Morgan fingerprint density at radius 3 is 2.49 bits per heavy atom. The van der Waals surface area contributed by atoms with Crippen LogP contribution in [-0.2, 0) is 16.0 Å². The maximum Gasteiger partial charge on any atom is 0.239 e. The average molecular weight is 483 g/mol. The zero-order chi connectivity index (χ0) is 25.0. The molecule has 0 aromatic heterocycles. The van der Waals surface area contributed by atoms with E-state index in [-0.39, 0.29) is 24.4 Å². The number of amides is 2. The van der Waals surface area contributed by atoms with Gasteiger partial charge >= 0.3 is 0 Å². The number of hydrogen-bond acceptors (Lipinski definition) is 4. The van der Waals surface area contributed by atoms with Crippen molar-refractivity contribution in [3.8, 4) is 0 Å². The molecule has 2 fully saturated rings. The second-order valence-corrected chi connectivity index (χ2v) is 10.2. The number of carbonyl (C=O) groups excluding carboxylic acids is 2. The second kappa shape index (κ2) is 14.3. The summed E-state index contributed by atoms with van der Waals surface area (Å²) in [5.41, 5.74) is 5.32. The number of nitrogens with one attached hydrogen (secondary N) is 3. The predicted octanol–water partition coefficient (Wildman–Crippen LogP) is 4.27. The van der Waals surface area contributed by atoms with Gasteiger partial charge < -0.3 is 20.9 Å². The van der Waals surface area contributed by atoms with Crippen molar-refractivity contribution in [1.29, 1.82) is 0 Å². The van der Waals surface area contributed by atoms with Crippen LogP contribution in [0.4, 0.5) is 0 Å². The quantitative estimate of drug-likeness (QED) is 0.308. The standard InChI is InChI=1S/C29H46N4O2/c1-4-10-26(30-18-5-2)29(35)33(3)21-27(24-16-17-24)32-20-28(34)31-19-9-14-22-11-6-7-15-25(22)23-12-8-13-23/h6-7,11,15,23,26,30,32H,4-5,8-10,12-14,16-21H2,1-3H3,(H,31,34). The number of likely N-dealkylation sites (N-methyl/N-ethyl adjacent to an activating group) is 1. The van der Waals surface area contributed by atoms with Gasteiger partial charge in [-0.15, -0.1) is 0 Å². The van der Waals surface area contributed by atoms with E-state index in [1.807, 2.05) is 7.05 Å². The van der Waals surface area contributed by atoms with Crippen molar-refractivity contribution in [3.63, 3.8) is 0 Å². The zero-order valence-corrected chi connectivity index (χ0v) is 22.1. The lowest BCUT2D eigenvalue weighted by atomic mass is 9.77. The molecule has 1 aromatic carbocycles. The van der Waals surface area contributed by atoms with Crippen molar-refractivity contribution in [2.24, 2.45) is 0 Å². The number of carbonyl (C=O) groups is 2. The van der Waals surface area contributed by atoms with E-state index in [1.54, 1.807) is 4.90 Å². The van der Waals surface area contributed by atoms with Crippen LogP contribution in [0.15, 0.2) is 35.5 Å². The first-order chi connectivity index (χ1) is 17.0. The van der Waals surface area contributed by atoms with Gasteiger partial charge in [-0.25, -0.2) is 0 Å². The van der Waals surface area contributed by atoms with Gasteiger partial charge in [0.25, 0.3) is 0 Å². The molecule has 0 spiro atoms. The van der Waals surface area contributed by atoms with E-state index < -0.39 is 0 Å². The molecule has 6 heteroatoms. The molecular formula is C29H46N4O2. The Labute approximate surface area is 212 Å². The first-order valence-corrected chi connectivity index (χ1v) is 13.8. The van der Waals surface area contributed by atoms with E-state index in [9.17, 15) is 9.59 Å². The molecule has 1 aromatic rings. The molecule has 35 heavy (non-hydrogen) atoms. The van der Waals surface area contributed by atoms with E-state index in [2.05, 4.69) is 54.1 Å². The molecule has 2 aliphatic carbocycles. The smallest absolute Gasteiger partial charge is 0.239 e. The Balaban J connectivity index is 1.39. The van der Waals surface area contributed by atoms with Crippen LogP contribution in [0.1, 0.15) is 88.7 Å². The minimum atomic E-state index is -0.131. The maximum atomic E-state index is 13.0. The summed E-state index contributed by atoms with van der Waals surface area (Å²) in [7, 11) is 1.87. The highest BCUT2D eigenvalue weighted by Crippen LogP contribution is 2.38. The van der Waals surface area contributed by atoms with Crippen LogP contribution in [0.3, 0.4) is 0 Å². The molecule has 0 aliphatic heterocycles. The summed E-state index contributed by atoms with van der Waals surface area (Å²) in [5.74, 6) is 0.884. The molecule has 2 amide bonds. The zero-order valence-electron chi connectivity index (χ0n) is 22.1. The van der Waals surface area contributed by atoms with Crippen molar-refractivity contribution >= 4 is 11.8 Å². The van der Waals surface area contributed by atoms with Crippen LogP contribution >= 0.6 is 0 Å². The van der Waals surface area contributed by atoms with Gasteiger partial charge in [0.15, 0.2) is 0 Å². The lowest BCUT2D eigenvalue weighted by molar-refractivity contribution is -0.132. The summed E-state index contributed by atoms with van der Waals surface area (Å²) in [6, 6.07) is 8.66. The molecule has 0 saturated heterocycles. The summed E-state index contributed by atoms with van der Waals surface area (Å²) in [6.07, 6.45) is 10.9. The van der Waals surface area contributed by atoms with Crippen molar-refractivity contribution in [1.82, 2.24) is 20.9 Å². The Bertz CT molecular complexity index is 856. The van der Waals surface area contributed by atoms with Gasteiger partial charge in [0.1, 0.15) is 0 Å². The van der Waals surface area contributed by atoms with Crippen LogP contribution in [0, 0.1) is 0 Å². The SMILES string of the molecule is CCCNC(CCC)C(=O)N(C)CC(NCC(=O)NCCCc1ccccc1C1CCC1)=C1CC1.